The third-order valence-corrected chi connectivity index (χ3v) is 3.80. The molecule has 0 unspecified atom stereocenters. The zero-order valence-corrected chi connectivity index (χ0v) is 11.2. The summed E-state index contributed by atoms with van der Waals surface area (Å²) in [6.45, 7) is 0.527. The predicted molar refractivity (Wildman–Crippen MR) is 71.5 cm³/mol. The summed E-state index contributed by atoms with van der Waals surface area (Å²) in [7, 11) is 0. The molecule has 0 saturated heterocycles. The second-order valence-electron chi connectivity index (χ2n) is 4.58. The SMILES string of the molecule is NC1CCC(OCc2cc(Cl)ccc2Cl)CC1. The summed E-state index contributed by atoms with van der Waals surface area (Å²) in [6, 6.07) is 5.80. The molecule has 0 amide bonds. The Morgan fingerprint density at radius 1 is 1.18 bits per heavy atom. The van der Waals surface area contributed by atoms with Crippen LogP contribution < -0.4 is 5.73 Å². The van der Waals surface area contributed by atoms with Crippen molar-refractivity contribution >= 4 is 23.2 Å². The van der Waals surface area contributed by atoms with Crippen molar-refractivity contribution in [3.63, 3.8) is 0 Å². The van der Waals surface area contributed by atoms with E-state index in [9.17, 15) is 0 Å². The van der Waals surface area contributed by atoms with Gasteiger partial charge in [0.1, 0.15) is 0 Å². The first kappa shape index (κ1) is 13.2. The van der Waals surface area contributed by atoms with Gasteiger partial charge < -0.3 is 10.5 Å². The summed E-state index contributed by atoms with van der Waals surface area (Å²) in [5.74, 6) is 0. The van der Waals surface area contributed by atoms with Crippen molar-refractivity contribution in [2.24, 2.45) is 5.73 Å². The molecule has 0 aromatic heterocycles. The lowest BCUT2D eigenvalue weighted by Crippen LogP contribution is -2.30. The maximum atomic E-state index is 6.08. The number of benzene rings is 1. The van der Waals surface area contributed by atoms with Crippen LogP contribution in [-0.4, -0.2) is 12.1 Å². The number of nitrogens with two attached hydrogens (primary N) is 1. The molecule has 1 aliphatic carbocycles. The van der Waals surface area contributed by atoms with Crippen LogP contribution in [-0.2, 0) is 11.3 Å². The Balaban J connectivity index is 1.87. The lowest BCUT2D eigenvalue weighted by molar-refractivity contribution is 0.0138. The Labute approximate surface area is 112 Å². The van der Waals surface area contributed by atoms with Crippen LogP contribution >= 0.6 is 23.2 Å². The van der Waals surface area contributed by atoms with Crippen LogP contribution in [0.2, 0.25) is 10.0 Å². The van der Waals surface area contributed by atoms with Crippen molar-refractivity contribution in [2.75, 3.05) is 0 Å². The first-order chi connectivity index (χ1) is 8.15. The quantitative estimate of drug-likeness (QED) is 0.910. The first-order valence-corrected chi connectivity index (χ1v) is 6.72. The van der Waals surface area contributed by atoms with Gasteiger partial charge >= 0.3 is 0 Å². The number of ether oxygens (including phenoxy) is 1. The number of rotatable bonds is 3. The van der Waals surface area contributed by atoms with Gasteiger partial charge in [0.25, 0.3) is 0 Å². The molecule has 0 bridgehead atoms. The van der Waals surface area contributed by atoms with E-state index in [0.717, 1.165) is 31.2 Å². The summed E-state index contributed by atoms with van der Waals surface area (Å²) < 4.78 is 5.85. The van der Waals surface area contributed by atoms with E-state index >= 15 is 0 Å². The van der Waals surface area contributed by atoms with Crippen LogP contribution in [0.1, 0.15) is 31.2 Å². The average Bonchev–Trinajstić information content (AvgIpc) is 2.32. The third-order valence-electron chi connectivity index (χ3n) is 3.20. The Morgan fingerprint density at radius 3 is 2.59 bits per heavy atom. The van der Waals surface area contributed by atoms with Crippen molar-refractivity contribution in [1.82, 2.24) is 0 Å². The monoisotopic (exact) mass is 273 g/mol. The minimum Gasteiger partial charge on any atom is -0.373 e. The van der Waals surface area contributed by atoms with Crippen LogP contribution in [0.3, 0.4) is 0 Å². The van der Waals surface area contributed by atoms with Crippen molar-refractivity contribution in [1.29, 1.82) is 0 Å². The van der Waals surface area contributed by atoms with E-state index in [1.807, 2.05) is 6.07 Å². The fourth-order valence-corrected chi connectivity index (χ4v) is 2.48. The van der Waals surface area contributed by atoms with Gasteiger partial charge in [-0.2, -0.15) is 0 Å². The molecule has 94 valence electrons. The lowest BCUT2D eigenvalue weighted by Gasteiger charge is -2.26. The van der Waals surface area contributed by atoms with Gasteiger partial charge in [-0.15, -0.1) is 0 Å². The molecule has 0 radical (unpaired) electrons. The summed E-state index contributed by atoms with van der Waals surface area (Å²) in [6.07, 6.45) is 4.49. The Morgan fingerprint density at radius 2 is 1.88 bits per heavy atom. The first-order valence-electron chi connectivity index (χ1n) is 5.96. The Kier molecular flexibility index (Phi) is 4.69. The Bertz CT molecular complexity index is 376. The van der Waals surface area contributed by atoms with Crippen LogP contribution in [0.15, 0.2) is 18.2 Å². The van der Waals surface area contributed by atoms with Gasteiger partial charge in [0, 0.05) is 16.1 Å². The standard InChI is InChI=1S/C13H17Cl2NO/c14-10-1-6-13(15)9(7-10)8-17-12-4-2-11(16)3-5-12/h1,6-7,11-12H,2-5,8,16H2. The van der Waals surface area contributed by atoms with Gasteiger partial charge in [-0.25, -0.2) is 0 Å². The summed E-state index contributed by atoms with van der Waals surface area (Å²) >= 11 is 12.0. The smallest absolute Gasteiger partial charge is 0.0735 e. The molecular formula is C13H17Cl2NO. The summed E-state index contributed by atoms with van der Waals surface area (Å²) in [5, 5.41) is 1.40. The van der Waals surface area contributed by atoms with Crippen LogP contribution in [0.5, 0.6) is 0 Å². The summed E-state index contributed by atoms with van der Waals surface area (Å²) in [5.41, 5.74) is 6.81. The molecule has 0 atom stereocenters. The zero-order valence-electron chi connectivity index (χ0n) is 9.66. The molecule has 0 aliphatic heterocycles. The molecule has 1 aliphatic rings. The fourth-order valence-electron chi connectivity index (χ4n) is 2.12. The maximum Gasteiger partial charge on any atom is 0.0735 e. The fraction of sp³-hybridized carbons (Fsp3) is 0.538. The molecule has 0 spiro atoms. The van der Waals surface area contributed by atoms with E-state index in [1.165, 1.54) is 0 Å². The van der Waals surface area contributed by atoms with E-state index in [1.54, 1.807) is 12.1 Å². The van der Waals surface area contributed by atoms with Crippen LogP contribution in [0, 0.1) is 0 Å². The third kappa shape index (κ3) is 3.85. The van der Waals surface area contributed by atoms with Crippen molar-refractivity contribution in [3.05, 3.63) is 33.8 Å². The van der Waals surface area contributed by atoms with Gasteiger partial charge in [0.15, 0.2) is 0 Å². The molecule has 2 rings (SSSR count). The van der Waals surface area contributed by atoms with Gasteiger partial charge in [-0.05, 0) is 49.4 Å². The van der Waals surface area contributed by atoms with E-state index in [0.29, 0.717) is 28.8 Å². The highest BCUT2D eigenvalue weighted by atomic mass is 35.5. The highest BCUT2D eigenvalue weighted by Gasteiger charge is 2.19. The molecule has 1 aromatic rings. The molecule has 1 saturated carbocycles. The molecule has 2 nitrogen and oxygen atoms in total. The van der Waals surface area contributed by atoms with Crippen molar-refractivity contribution in [3.8, 4) is 0 Å². The van der Waals surface area contributed by atoms with Gasteiger partial charge in [-0.3, -0.25) is 0 Å². The van der Waals surface area contributed by atoms with E-state index in [4.69, 9.17) is 33.7 Å². The second-order valence-corrected chi connectivity index (χ2v) is 5.43. The van der Waals surface area contributed by atoms with Crippen LogP contribution in [0.25, 0.3) is 0 Å². The van der Waals surface area contributed by atoms with E-state index < -0.39 is 0 Å². The van der Waals surface area contributed by atoms with Gasteiger partial charge in [0.2, 0.25) is 0 Å². The summed E-state index contributed by atoms with van der Waals surface area (Å²) in [4.78, 5) is 0. The minimum absolute atomic E-state index is 0.310. The minimum atomic E-state index is 0.310. The highest BCUT2D eigenvalue weighted by molar-refractivity contribution is 6.33. The van der Waals surface area contributed by atoms with Crippen LogP contribution in [0.4, 0.5) is 0 Å². The molecule has 1 fully saturated rings. The second kappa shape index (κ2) is 6.05. The topological polar surface area (TPSA) is 35.2 Å². The highest BCUT2D eigenvalue weighted by Crippen LogP contribution is 2.25. The zero-order chi connectivity index (χ0) is 12.3. The van der Waals surface area contributed by atoms with Gasteiger partial charge in [-0.1, -0.05) is 23.2 Å². The number of hydrogen-bond donors (Lipinski definition) is 1. The largest absolute Gasteiger partial charge is 0.373 e. The normalized spacial score (nSPS) is 24.9. The molecular weight excluding hydrogens is 257 g/mol. The predicted octanol–water partition coefficient (Wildman–Crippen LogP) is 3.78. The maximum absolute atomic E-state index is 6.08. The molecule has 17 heavy (non-hydrogen) atoms. The average molecular weight is 274 g/mol. The Hall–Kier alpha value is -0.280. The van der Waals surface area contributed by atoms with Crippen molar-refractivity contribution in [2.45, 2.75) is 44.4 Å². The lowest BCUT2D eigenvalue weighted by atomic mass is 9.94. The van der Waals surface area contributed by atoms with E-state index in [-0.39, 0.29) is 0 Å². The number of hydrogen-bond acceptors (Lipinski definition) is 2. The van der Waals surface area contributed by atoms with Crippen molar-refractivity contribution < 1.29 is 4.74 Å². The number of halogens is 2. The van der Waals surface area contributed by atoms with E-state index in [2.05, 4.69) is 0 Å². The molecule has 1 aromatic carbocycles. The molecule has 2 N–H and O–H groups in total. The molecule has 0 heterocycles. The molecule has 4 heteroatoms. The van der Waals surface area contributed by atoms with Gasteiger partial charge in [0.05, 0.1) is 12.7 Å².